The van der Waals surface area contributed by atoms with Crippen LogP contribution in [0.15, 0.2) is 12.1 Å². The second kappa shape index (κ2) is 7.73. The smallest absolute Gasteiger partial charge is 0.256 e. The Bertz CT molecular complexity index is 691. The number of rotatable bonds is 6. The van der Waals surface area contributed by atoms with Crippen molar-refractivity contribution in [3.63, 3.8) is 0 Å². The predicted molar refractivity (Wildman–Crippen MR) is 91.3 cm³/mol. The first kappa shape index (κ1) is 18.4. The summed E-state index contributed by atoms with van der Waals surface area (Å²) in [5, 5.41) is 3.36. The summed E-state index contributed by atoms with van der Waals surface area (Å²) in [4.78, 5) is 12.3. The van der Waals surface area contributed by atoms with Crippen molar-refractivity contribution in [3.8, 4) is 5.75 Å². The minimum Gasteiger partial charge on any atom is -0.494 e. The van der Waals surface area contributed by atoms with Gasteiger partial charge in [-0.15, -0.1) is 0 Å². The average molecular weight is 380 g/mol. The van der Waals surface area contributed by atoms with Gasteiger partial charge in [0.1, 0.15) is 5.56 Å². The van der Waals surface area contributed by atoms with E-state index in [1.807, 2.05) is 0 Å². The van der Waals surface area contributed by atoms with Gasteiger partial charge in [0.2, 0.25) is 0 Å². The van der Waals surface area contributed by atoms with Crippen molar-refractivity contribution in [2.45, 2.75) is 19.3 Å². The van der Waals surface area contributed by atoms with Crippen LogP contribution >= 0.6 is 23.2 Å². The minimum atomic E-state index is -2.85. The Hall–Kier alpha value is -0.980. The molecule has 1 N–H and O–H groups in total. The van der Waals surface area contributed by atoms with Gasteiger partial charge < -0.3 is 10.1 Å². The van der Waals surface area contributed by atoms with E-state index in [9.17, 15) is 13.2 Å². The van der Waals surface area contributed by atoms with Crippen molar-refractivity contribution in [3.05, 3.63) is 27.7 Å². The van der Waals surface area contributed by atoms with Gasteiger partial charge in [-0.25, -0.2) is 8.42 Å². The van der Waals surface area contributed by atoms with Crippen LogP contribution in [0.1, 0.15) is 29.6 Å². The molecule has 1 saturated heterocycles. The molecule has 0 bridgehead atoms. The number of hydrogen-bond donors (Lipinski definition) is 1. The molecule has 23 heavy (non-hydrogen) atoms. The maximum atomic E-state index is 12.3. The minimum absolute atomic E-state index is 0.196. The van der Waals surface area contributed by atoms with Gasteiger partial charge >= 0.3 is 0 Å². The standard InChI is InChI=1S/C15H19Cl2NO4S/c1-22-14-12(17)5-4-11(16)13(14)15(19)18-7-2-3-10-6-8-23(20,21)9-10/h4-5,10H,2-3,6-9H2,1H3,(H,18,19). The van der Waals surface area contributed by atoms with Crippen molar-refractivity contribution in [2.75, 3.05) is 25.2 Å². The van der Waals surface area contributed by atoms with E-state index in [4.69, 9.17) is 27.9 Å². The van der Waals surface area contributed by atoms with Crippen LogP contribution in [0.5, 0.6) is 5.75 Å². The van der Waals surface area contributed by atoms with E-state index in [1.165, 1.54) is 7.11 Å². The van der Waals surface area contributed by atoms with Gasteiger partial charge in [0.25, 0.3) is 5.91 Å². The Morgan fingerprint density at radius 3 is 2.65 bits per heavy atom. The fourth-order valence-corrected chi connectivity index (χ4v) is 5.11. The Kier molecular flexibility index (Phi) is 6.17. The highest BCUT2D eigenvalue weighted by molar-refractivity contribution is 7.91. The lowest BCUT2D eigenvalue weighted by Gasteiger charge is -2.13. The lowest BCUT2D eigenvalue weighted by Crippen LogP contribution is -2.25. The highest BCUT2D eigenvalue weighted by Crippen LogP contribution is 2.33. The largest absolute Gasteiger partial charge is 0.494 e. The second-order valence-electron chi connectivity index (χ2n) is 5.60. The number of benzene rings is 1. The Morgan fingerprint density at radius 1 is 1.35 bits per heavy atom. The molecule has 1 aliphatic heterocycles. The summed E-state index contributed by atoms with van der Waals surface area (Å²) in [6.07, 6.45) is 2.20. The molecule has 1 unspecified atom stereocenters. The molecule has 0 aromatic heterocycles. The molecule has 1 aromatic rings. The quantitative estimate of drug-likeness (QED) is 0.771. The lowest BCUT2D eigenvalue weighted by molar-refractivity contribution is 0.0949. The number of carbonyl (C=O) groups excluding carboxylic acids is 1. The summed E-state index contributed by atoms with van der Waals surface area (Å²) >= 11 is 12.1. The maximum Gasteiger partial charge on any atom is 0.256 e. The summed E-state index contributed by atoms with van der Waals surface area (Å²) in [5.74, 6) is 0.627. The molecule has 1 aliphatic rings. The first-order valence-electron chi connectivity index (χ1n) is 7.34. The molecular formula is C15H19Cl2NO4S. The molecule has 8 heteroatoms. The number of ether oxygens (including phenoxy) is 1. The highest BCUT2D eigenvalue weighted by atomic mass is 35.5. The lowest BCUT2D eigenvalue weighted by atomic mass is 10.0. The van der Waals surface area contributed by atoms with Gasteiger partial charge in [-0.3, -0.25) is 4.79 Å². The second-order valence-corrected chi connectivity index (χ2v) is 8.65. The van der Waals surface area contributed by atoms with E-state index < -0.39 is 9.84 Å². The van der Waals surface area contributed by atoms with Crippen LogP contribution in [-0.2, 0) is 9.84 Å². The third kappa shape index (κ3) is 4.75. The van der Waals surface area contributed by atoms with Crippen LogP contribution < -0.4 is 10.1 Å². The molecule has 0 radical (unpaired) electrons. The van der Waals surface area contributed by atoms with Crippen LogP contribution in [0.3, 0.4) is 0 Å². The first-order valence-corrected chi connectivity index (χ1v) is 9.92. The Balaban J connectivity index is 1.87. The van der Waals surface area contributed by atoms with Crippen LogP contribution in [0.25, 0.3) is 0 Å². The monoisotopic (exact) mass is 379 g/mol. The zero-order chi connectivity index (χ0) is 17.0. The third-order valence-electron chi connectivity index (χ3n) is 3.89. The van der Waals surface area contributed by atoms with Gasteiger partial charge in [-0.2, -0.15) is 0 Å². The number of amides is 1. The summed E-state index contributed by atoms with van der Waals surface area (Å²) in [6.45, 7) is 0.446. The summed E-state index contributed by atoms with van der Waals surface area (Å²) in [6, 6.07) is 3.12. The highest BCUT2D eigenvalue weighted by Gasteiger charge is 2.27. The molecule has 2 rings (SSSR count). The molecule has 1 atom stereocenters. The van der Waals surface area contributed by atoms with E-state index in [0.29, 0.717) is 24.4 Å². The predicted octanol–water partition coefficient (Wildman–Crippen LogP) is 2.95. The number of hydrogen-bond acceptors (Lipinski definition) is 4. The molecule has 0 spiro atoms. The van der Waals surface area contributed by atoms with Gasteiger partial charge in [0.05, 0.1) is 28.7 Å². The zero-order valence-corrected chi connectivity index (χ0v) is 15.1. The number of nitrogens with one attached hydrogen (secondary N) is 1. The van der Waals surface area contributed by atoms with Crippen molar-refractivity contribution in [2.24, 2.45) is 5.92 Å². The Morgan fingerprint density at radius 2 is 2.04 bits per heavy atom. The molecule has 0 aliphatic carbocycles. The Labute approximate surface area is 146 Å². The van der Waals surface area contributed by atoms with E-state index in [0.717, 1.165) is 6.42 Å². The van der Waals surface area contributed by atoms with Crippen LogP contribution in [-0.4, -0.2) is 39.5 Å². The number of halogens is 2. The van der Waals surface area contributed by atoms with E-state index in [1.54, 1.807) is 12.1 Å². The fourth-order valence-electron chi connectivity index (χ4n) is 2.73. The molecule has 128 valence electrons. The van der Waals surface area contributed by atoms with Gasteiger partial charge in [-0.05, 0) is 37.3 Å². The van der Waals surface area contributed by atoms with Crippen LogP contribution in [0, 0.1) is 5.92 Å². The average Bonchev–Trinajstić information content (AvgIpc) is 2.84. The number of sulfone groups is 1. The van der Waals surface area contributed by atoms with Crippen molar-refractivity contribution in [1.82, 2.24) is 5.32 Å². The molecule has 1 fully saturated rings. The first-order chi connectivity index (χ1) is 10.8. The molecule has 0 saturated carbocycles. The fraction of sp³-hybridized carbons (Fsp3) is 0.533. The third-order valence-corrected chi connectivity index (χ3v) is 6.34. The van der Waals surface area contributed by atoms with Gasteiger partial charge in [0.15, 0.2) is 15.6 Å². The van der Waals surface area contributed by atoms with Gasteiger partial charge in [0, 0.05) is 6.54 Å². The van der Waals surface area contributed by atoms with E-state index in [-0.39, 0.29) is 39.7 Å². The SMILES string of the molecule is COc1c(Cl)ccc(Cl)c1C(=O)NCCCC1CCS(=O)(=O)C1. The number of methoxy groups -OCH3 is 1. The van der Waals surface area contributed by atoms with Crippen molar-refractivity contribution < 1.29 is 17.9 Å². The van der Waals surface area contributed by atoms with Crippen LogP contribution in [0.4, 0.5) is 0 Å². The van der Waals surface area contributed by atoms with E-state index in [2.05, 4.69) is 5.32 Å². The maximum absolute atomic E-state index is 12.3. The number of carbonyl (C=O) groups is 1. The van der Waals surface area contributed by atoms with Crippen molar-refractivity contribution >= 4 is 38.9 Å². The normalized spacial score (nSPS) is 19.5. The van der Waals surface area contributed by atoms with Gasteiger partial charge in [-0.1, -0.05) is 23.2 Å². The summed E-state index contributed by atoms with van der Waals surface area (Å²) < 4.78 is 27.9. The summed E-state index contributed by atoms with van der Waals surface area (Å²) in [7, 11) is -1.42. The van der Waals surface area contributed by atoms with Crippen LogP contribution in [0.2, 0.25) is 10.0 Å². The molecular weight excluding hydrogens is 361 g/mol. The van der Waals surface area contributed by atoms with E-state index >= 15 is 0 Å². The molecule has 1 amide bonds. The topological polar surface area (TPSA) is 72.5 Å². The molecule has 5 nitrogen and oxygen atoms in total. The van der Waals surface area contributed by atoms with Crippen molar-refractivity contribution in [1.29, 1.82) is 0 Å². The summed E-state index contributed by atoms with van der Waals surface area (Å²) in [5.41, 5.74) is 0.213. The molecule has 1 aromatic carbocycles. The molecule has 1 heterocycles. The zero-order valence-electron chi connectivity index (χ0n) is 12.8.